The van der Waals surface area contributed by atoms with Crippen molar-refractivity contribution in [2.75, 3.05) is 6.54 Å². The van der Waals surface area contributed by atoms with E-state index in [1.54, 1.807) is 39.0 Å². The molecule has 2 heterocycles. The topological polar surface area (TPSA) is 142 Å². The third-order valence-corrected chi connectivity index (χ3v) is 11.4. The minimum Gasteiger partial charge on any atom is -0.506 e. The van der Waals surface area contributed by atoms with Gasteiger partial charge in [0.25, 0.3) is 0 Å². The quantitative estimate of drug-likeness (QED) is 0.288. The van der Waals surface area contributed by atoms with Crippen LogP contribution in [0.1, 0.15) is 69.3 Å². The van der Waals surface area contributed by atoms with Gasteiger partial charge in [-0.15, -0.1) is 0 Å². The summed E-state index contributed by atoms with van der Waals surface area (Å²) in [6, 6.07) is 9.25. The lowest BCUT2D eigenvalue weighted by molar-refractivity contribution is 0.0134. The molecule has 40 heavy (non-hydrogen) atoms. The maximum atomic E-state index is 13.5. The highest BCUT2D eigenvalue weighted by atomic mass is 28.4. The molecule has 11 heteroatoms. The van der Waals surface area contributed by atoms with Crippen molar-refractivity contribution in [2.45, 2.75) is 77.9 Å². The summed E-state index contributed by atoms with van der Waals surface area (Å²) in [5.41, 5.74) is 0.363. The Hall–Kier alpha value is -3.70. The predicted molar refractivity (Wildman–Crippen MR) is 155 cm³/mol. The number of carbonyl (C=O) groups excluding carboxylic acids is 1. The highest BCUT2D eigenvalue weighted by Gasteiger charge is 2.41. The third-order valence-electron chi connectivity index (χ3n) is 6.96. The molecule has 1 unspecified atom stereocenters. The fraction of sp³-hybridized carbons (Fsp3) is 0.448. The highest BCUT2D eigenvalue weighted by Crippen LogP contribution is 2.41. The normalized spacial score (nSPS) is 13.2. The Bertz CT molecular complexity index is 1440. The van der Waals surface area contributed by atoms with Gasteiger partial charge < -0.3 is 24.4 Å². The molecule has 3 aromatic rings. The van der Waals surface area contributed by atoms with Gasteiger partial charge in [0.15, 0.2) is 8.32 Å². The number of benzene rings is 1. The molecule has 3 N–H and O–H groups in total. The molecule has 10 nitrogen and oxygen atoms in total. The van der Waals surface area contributed by atoms with Crippen molar-refractivity contribution in [3.8, 4) is 5.75 Å². The molecule has 0 saturated carbocycles. The molecule has 216 valence electrons. The van der Waals surface area contributed by atoms with E-state index in [2.05, 4.69) is 43.8 Å². The third kappa shape index (κ3) is 7.48. The summed E-state index contributed by atoms with van der Waals surface area (Å²) in [6.45, 7) is 16.0. The molecular weight excluding hydrogens is 530 g/mol. The second-order valence-corrected chi connectivity index (χ2v) is 17.1. The zero-order valence-corrected chi connectivity index (χ0v) is 25.4. The van der Waals surface area contributed by atoms with Crippen molar-refractivity contribution < 1.29 is 29.0 Å². The molecule has 1 aromatic carbocycles. The van der Waals surface area contributed by atoms with Crippen molar-refractivity contribution in [1.29, 1.82) is 0 Å². The Balaban J connectivity index is 2.12. The van der Waals surface area contributed by atoms with Crippen LogP contribution in [-0.4, -0.2) is 57.6 Å². The first kappa shape index (κ1) is 30.8. The molecule has 1 amide bonds. The van der Waals surface area contributed by atoms with Crippen LogP contribution in [0.3, 0.4) is 0 Å². The number of carboxylic acids is 1. The number of rotatable bonds is 8. The fourth-order valence-corrected chi connectivity index (χ4v) is 5.11. The van der Waals surface area contributed by atoms with Gasteiger partial charge >= 0.3 is 12.1 Å². The average molecular weight is 570 g/mol. The number of hydrogen-bond donors (Lipinski definition) is 3. The minimum atomic E-state index is -2.42. The number of ether oxygens (including phenoxy) is 1. The summed E-state index contributed by atoms with van der Waals surface area (Å²) >= 11 is 0. The zero-order valence-electron chi connectivity index (χ0n) is 24.4. The molecule has 2 aromatic heterocycles. The standard InChI is InChI=1S/C29H39N3O7Si/c1-28(2,3)38-27(37)32(16-19-10-9-18(15-30-19)26(35)36)17-23(39-40(7,8)29(4,5)6)20-11-13-22(33)25-21(20)12-14-24(34)31-25/h9-15,23,33H,16-17H2,1-8H3,(H,31,34)(H,35,36). The number of fused-ring (bicyclic) bond motifs is 1. The number of aromatic nitrogens is 2. The van der Waals surface area contributed by atoms with Gasteiger partial charge in [-0.3, -0.25) is 14.7 Å². The number of aromatic hydroxyl groups is 1. The molecule has 0 bridgehead atoms. The largest absolute Gasteiger partial charge is 0.506 e. The maximum Gasteiger partial charge on any atom is 0.410 e. The van der Waals surface area contributed by atoms with Gasteiger partial charge in [0, 0.05) is 17.6 Å². The molecule has 0 aliphatic carbocycles. The molecule has 0 fully saturated rings. The SMILES string of the molecule is CC(C)(C)OC(=O)N(Cc1ccc(C(=O)O)cn1)CC(O[Si](C)(C)C(C)(C)C)c1ccc(O)c2[nH]c(=O)ccc12. The monoisotopic (exact) mass is 569 g/mol. The second-order valence-electron chi connectivity index (χ2n) is 12.4. The highest BCUT2D eigenvalue weighted by molar-refractivity contribution is 6.74. The van der Waals surface area contributed by atoms with Crippen LogP contribution in [0.25, 0.3) is 10.9 Å². The van der Waals surface area contributed by atoms with Crippen molar-refractivity contribution in [1.82, 2.24) is 14.9 Å². The Morgan fingerprint density at radius 2 is 1.73 bits per heavy atom. The molecule has 0 saturated heterocycles. The van der Waals surface area contributed by atoms with E-state index in [9.17, 15) is 24.6 Å². The number of hydrogen-bond acceptors (Lipinski definition) is 7. The first-order chi connectivity index (χ1) is 18.4. The summed E-state index contributed by atoms with van der Waals surface area (Å²) in [7, 11) is -2.42. The van der Waals surface area contributed by atoms with Crippen LogP contribution in [0.5, 0.6) is 5.75 Å². The number of aromatic carboxylic acids is 1. The van der Waals surface area contributed by atoms with Crippen molar-refractivity contribution in [3.05, 3.63) is 69.8 Å². The van der Waals surface area contributed by atoms with E-state index in [4.69, 9.17) is 9.16 Å². The van der Waals surface area contributed by atoms with E-state index in [0.717, 1.165) is 0 Å². The van der Waals surface area contributed by atoms with Crippen LogP contribution in [0.4, 0.5) is 4.79 Å². The molecule has 0 spiro atoms. The predicted octanol–water partition coefficient (Wildman–Crippen LogP) is 5.83. The van der Waals surface area contributed by atoms with Crippen LogP contribution >= 0.6 is 0 Å². The number of pyridine rings is 2. The Labute approximate surface area is 235 Å². The number of carboxylic acid groups (broad SMARTS) is 1. The minimum absolute atomic E-state index is 0.0382. The lowest BCUT2D eigenvalue weighted by atomic mass is 10.0. The van der Waals surface area contributed by atoms with E-state index >= 15 is 0 Å². The lowest BCUT2D eigenvalue weighted by Crippen LogP contribution is -2.45. The maximum absolute atomic E-state index is 13.5. The van der Waals surface area contributed by atoms with Crippen LogP contribution < -0.4 is 5.56 Å². The van der Waals surface area contributed by atoms with Gasteiger partial charge in [-0.2, -0.15) is 0 Å². The van der Waals surface area contributed by atoms with Crippen LogP contribution in [0.2, 0.25) is 18.1 Å². The van der Waals surface area contributed by atoms with Gasteiger partial charge in [-0.05, 0) is 68.7 Å². The van der Waals surface area contributed by atoms with Gasteiger partial charge in [0.05, 0.1) is 36.0 Å². The van der Waals surface area contributed by atoms with Gasteiger partial charge in [-0.1, -0.05) is 26.8 Å². The summed E-state index contributed by atoms with van der Waals surface area (Å²) in [4.78, 5) is 45.2. The summed E-state index contributed by atoms with van der Waals surface area (Å²) in [5.74, 6) is -1.17. The fourth-order valence-electron chi connectivity index (χ4n) is 3.84. The van der Waals surface area contributed by atoms with E-state index < -0.39 is 32.1 Å². The van der Waals surface area contributed by atoms with Crippen LogP contribution in [0.15, 0.2) is 47.4 Å². The van der Waals surface area contributed by atoms with Crippen LogP contribution in [-0.2, 0) is 15.7 Å². The number of carbonyl (C=O) groups is 2. The van der Waals surface area contributed by atoms with E-state index in [1.807, 2.05) is 0 Å². The molecule has 3 rings (SSSR count). The Morgan fingerprint density at radius 3 is 2.27 bits per heavy atom. The molecule has 0 radical (unpaired) electrons. The first-order valence-electron chi connectivity index (χ1n) is 13.1. The Kier molecular flexibility index (Phi) is 8.80. The van der Waals surface area contributed by atoms with Crippen molar-refractivity contribution in [2.24, 2.45) is 0 Å². The van der Waals surface area contributed by atoms with Crippen LogP contribution in [0, 0.1) is 0 Å². The average Bonchev–Trinajstić information content (AvgIpc) is 2.82. The first-order valence-corrected chi connectivity index (χ1v) is 16.0. The summed E-state index contributed by atoms with van der Waals surface area (Å²) in [6.07, 6.45) is 0.0101. The molecule has 0 aliphatic rings. The smallest absolute Gasteiger partial charge is 0.410 e. The van der Waals surface area contributed by atoms with E-state index in [0.29, 0.717) is 16.6 Å². The van der Waals surface area contributed by atoms with Crippen molar-refractivity contribution in [3.63, 3.8) is 0 Å². The van der Waals surface area contributed by atoms with E-state index in [-0.39, 0.29) is 40.5 Å². The lowest BCUT2D eigenvalue weighted by Gasteiger charge is -2.41. The molecule has 1 atom stereocenters. The van der Waals surface area contributed by atoms with E-state index in [1.165, 1.54) is 29.3 Å². The zero-order chi connectivity index (χ0) is 30.0. The molecular formula is C29H39N3O7Si. The number of nitrogens with one attached hydrogen (secondary N) is 1. The number of aromatic amines is 1. The second kappa shape index (κ2) is 11.4. The number of phenolic OH excluding ortho intramolecular Hbond substituents is 1. The number of nitrogens with zero attached hydrogens (tertiary/aromatic N) is 2. The Morgan fingerprint density at radius 1 is 1.05 bits per heavy atom. The molecule has 0 aliphatic heterocycles. The summed E-state index contributed by atoms with van der Waals surface area (Å²) in [5, 5.41) is 20.2. The van der Waals surface area contributed by atoms with Gasteiger partial charge in [0.1, 0.15) is 11.4 Å². The number of phenols is 1. The van der Waals surface area contributed by atoms with Gasteiger partial charge in [-0.25, -0.2) is 9.59 Å². The van der Waals surface area contributed by atoms with Gasteiger partial charge in [0.2, 0.25) is 5.56 Å². The number of amides is 1. The summed E-state index contributed by atoms with van der Waals surface area (Å²) < 4.78 is 12.6. The number of H-pyrrole nitrogens is 1. The van der Waals surface area contributed by atoms with Crippen molar-refractivity contribution >= 4 is 31.3 Å².